The van der Waals surface area contributed by atoms with E-state index in [1.165, 1.54) is 6.07 Å². The second-order valence-corrected chi connectivity index (χ2v) is 5.35. The van der Waals surface area contributed by atoms with Gasteiger partial charge in [0.1, 0.15) is 17.1 Å². The fourth-order valence-corrected chi connectivity index (χ4v) is 2.15. The van der Waals surface area contributed by atoms with Crippen molar-refractivity contribution in [3.63, 3.8) is 0 Å². The van der Waals surface area contributed by atoms with E-state index in [1.807, 2.05) is 24.3 Å². The molecule has 0 aromatic heterocycles. The quantitative estimate of drug-likeness (QED) is 0.721. The van der Waals surface area contributed by atoms with Crippen molar-refractivity contribution >= 4 is 11.6 Å². The summed E-state index contributed by atoms with van der Waals surface area (Å²) in [6.45, 7) is 3.08. The number of halogens is 2. The van der Waals surface area contributed by atoms with Gasteiger partial charge in [-0.1, -0.05) is 25.5 Å². The van der Waals surface area contributed by atoms with Crippen LogP contribution in [0.25, 0.3) is 0 Å². The highest BCUT2D eigenvalue weighted by molar-refractivity contribution is 5.94. The Hall–Kier alpha value is -2.63. The monoisotopic (exact) mass is 334 g/mol. The van der Waals surface area contributed by atoms with E-state index in [-0.39, 0.29) is 5.69 Å². The molecule has 0 fully saturated rings. The Morgan fingerprint density at radius 3 is 2.50 bits per heavy atom. The van der Waals surface area contributed by atoms with Gasteiger partial charge < -0.3 is 15.8 Å². The maximum atomic E-state index is 14.1. The summed E-state index contributed by atoms with van der Waals surface area (Å²) in [7, 11) is 0. The first-order valence-corrected chi connectivity index (χ1v) is 7.76. The summed E-state index contributed by atoms with van der Waals surface area (Å²) in [6, 6.07) is 9.62. The summed E-state index contributed by atoms with van der Waals surface area (Å²) in [6.07, 6.45) is 2.06. The molecule has 4 nitrogen and oxygen atoms in total. The molecule has 0 unspecified atom stereocenters. The zero-order chi connectivity index (χ0) is 17.5. The minimum absolute atomic E-state index is 0.0217. The van der Waals surface area contributed by atoms with E-state index >= 15 is 0 Å². The molecular weight excluding hydrogens is 314 g/mol. The molecule has 0 bridgehead atoms. The Balaban J connectivity index is 2.01. The highest BCUT2D eigenvalue weighted by atomic mass is 19.1. The number of carbonyl (C=O) groups excluding carboxylic acids is 1. The lowest BCUT2D eigenvalue weighted by atomic mass is 10.1. The molecule has 3 N–H and O–H groups in total. The molecule has 1 amide bonds. The molecule has 0 saturated heterocycles. The van der Waals surface area contributed by atoms with Crippen LogP contribution in [0.1, 0.15) is 35.7 Å². The van der Waals surface area contributed by atoms with Crippen molar-refractivity contribution in [2.45, 2.75) is 26.3 Å². The highest BCUT2D eigenvalue weighted by Crippen LogP contribution is 2.22. The van der Waals surface area contributed by atoms with Gasteiger partial charge in [-0.05, 0) is 36.2 Å². The maximum absolute atomic E-state index is 14.1. The zero-order valence-electron chi connectivity index (χ0n) is 13.4. The van der Waals surface area contributed by atoms with Gasteiger partial charge in [0.05, 0.1) is 12.3 Å². The number of benzene rings is 2. The second kappa shape index (κ2) is 8.29. The van der Waals surface area contributed by atoms with Gasteiger partial charge in [0.15, 0.2) is 5.82 Å². The smallest absolute Gasteiger partial charge is 0.254 e. The Morgan fingerprint density at radius 2 is 1.88 bits per heavy atom. The van der Waals surface area contributed by atoms with Gasteiger partial charge in [0.2, 0.25) is 0 Å². The molecule has 0 heterocycles. The topological polar surface area (TPSA) is 64.3 Å². The lowest BCUT2D eigenvalue weighted by Gasteiger charge is -2.11. The minimum atomic E-state index is -1.14. The van der Waals surface area contributed by atoms with Crippen LogP contribution in [0.15, 0.2) is 36.4 Å². The number of ether oxygens (including phenoxy) is 1. The average Bonchev–Trinajstić information content (AvgIpc) is 2.55. The molecule has 0 aliphatic carbocycles. The van der Waals surface area contributed by atoms with E-state index in [1.54, 1.807) is 0 Å². The second-order valence-electron chi connectivity index (χ2n) is 5.35. The summed E-state index contributed by atoms with van der Waals surface area (Å²) >= 11 is 0. The van der Waals surface area contributed by atoms with Crippen LogP contribution in [0.5, 0.6) is 5.75 Å². The molecule has 24 heavy (non-hydrogen) atoms. The predicted molar refractivity (Wildman–Crippen MR) is 89.0 cm³/mol. The third kappa shape index (κ3) is 4.44. The first-order chi connectivity index (χ1) is 11.5. The van der Waals surface area contributed by atoms with Crippen LogP contribution in [0.4, 0.5) is 14.5 Å². The van der Waals surface area contributed by atoms with Gasteiger partial charge in [0, 0.05) is 6.54 Å². The molecule has 0 radical (unpaired) electrons. The fraction of sp³-hybridized carbons (Fsp3) is 0.278. The number of hydrogen-bond acceptors (Lipinski definition) is 3. The van der Waals surface area contributed by atoms with Crippen molar-refractivity contribution in [1.29, 1.82) is 0 Å². The van der Waals surface area contributed by atoms with Crippen molar-refractivity contribution < 1.29 is 18.3 Å². The molecule has 0 atom stereocenters. The molecular formula is C18H20F2N2O2. The molecule has 0 spiro atoms. The summed E-state index contributed by atoms with van der Waals surface area (Å²) in [4.78, 5) is 11.1. The summed E-state index contributed by atoms with van der Waals surface area (Å²) in [5.41, 5.74) is 5.17. The van der Waals surface area contributed by atoms with E-state index < -0.39 is 23.1 Å². The van der Waals surface area contributed by atoms with E-state index in [9.17, 15) is 13.6 Å². The van der Waals surface area contributed by atoms with Gasteiger partial charge in [-0.15, -0.1) is 0 Å². The molecule has 0 aliphatic heterocycles. The van der Waals surface area contributed by atoms with Crippen LogP contribution in [0.3, 0.4) is 0 Å². The summed E-state index contributed by atoms with van der Waals surface area (Å²) in [5.74, 6) is -2.32. The molecule has 0 saturated carbocycles. The number of carbonyl (C=O) groups is 1. The predicted octanol–water partition coefficient (Wildman–Crippen LogP) is 3.85. The number of amides is 1. The Bertz CT molecular complexity index is 703. The van der Waals surface area contributed by atoms with E-state index in [2.05, 4.69) is 12.2 Å². The number of hydrogen-bond donors (Lipinski definition) is 2. The van der Waals surface area contributed by atoms with Gasteiger partial charge in [-0.25, -0.2) is 8.78 Å². The Labute approximate surface area is 139 Å². The highest BCUT2D eigenvalue weighted by Gasteiger charge is 2.18. The lowest BCUT2D eigenvalue weighted by Crippen LogP contribution is -2.17. The molecule has 2 aromatic carbocycles. The van der Waals surface area contributed by atoms with Crippen LogP contribution in [0, 0.1) is 11.6 Å². The van der Waals surface area contributed by atoms with Gasteiger partial charge in [-0.2, -0.15) is 0 Å². The third-order valence-corrected chi connectivity index (χ3v) is 3.51. The van der Waals surface area contributed by atoms with Crippen molar-refractivity contribution in [3.05, 3.63) is 59.2 Å². The van der Waals surface area contributed by atoms with E-state index in [0.29, 0.717) is 13.2 Å². The Morgan fingerprint density at radius 1 is 1.17 bits per heavy atom. The molecule has 6 heteroatoms. The molecule has 128 valence electrons. The van der Waals surface area contributed by atoms with E-state index in [4.69, 9.17) is 10.5 Å². The number of unbranched alkanes of at least 4 members (excludes halogenated alkanes) is 1. The maximum Gasteiger partial charge on any atom is 0.254 e. The first-order valence-electron chi connectivity index (χ1n) is 7.76. The van der Waals surface area contributed by atoms with Gasteiger partial charge in [-0.3, -0.25) is 4.79 Å². The van der Waals surface area contributed by atoms with Crippen LogP contribution >= 0.6 is 0 Å². The standard InChI is InChI=1S/C18H20F2N2O2/c1-2-3-10-24-13-6-4-12(5-7-13)11-22-15-9-8-14(19)16(17(15)20)18(21)23/h4-9,22H,2-3,10-11H2,1H3,(H2,21,23). The third-order valence-electron chi connectivity index (χ3n) is 3.51. The largest absolute Gasteiger partial charge is 0.494 e. The zero-order valence-corrected chi connectivity index (χ0v) is 13.4. The SMILES string of the molecule is CCCCOc1ccc(CNc2ccc(F)c(C(N)=O)c2F)cc1. The minimum Gasteiger partial charge on any atom is -0.494 e. The normalized spacial score (nSPS) is 10.5. The average molecular weight is 334 g/mol. The van der Waals surface area contributed by atoms with Crippen molar-refractivity contribution in [2.24, 2.45) is 5.73 Å². The van der Waals surface area contributed by atoms with Gasteiger partial charge >= 0.3 is 0 Å². The first kappa shape index (κ1) is 17.7. The number of nitrogens with one attached hydrogen (secondary N) is 1. The summed E-state index contributed by atoms with van der Waals surface area (Å²) in [5, 5.41) is 2.83. The van der Waals surface area contributed by atoms with Crippen LogP contribution < -0.4 is 15.8 Å². The van der Waals surface area contributed by atoms with E-state index in [0.717, 1.165) is 30.2 Å². The Kier molecular flexibility index (Phi) is 6.12. The molecule has 2 aromatic rings. The number of primary amides is 1. The summed E-state index contributed by atoms with van der Waals surface area (Å²) < 4.78 is 33.1. The number of nitrogens with two attached hydrogens (primary N) is 1. The van der Waals surface area contributed by atoms with Crippen molar-refractivity contribution in [3.8, 4) is 5.75 Å². The van der Waals surface area contributed by atoms with Crippen molar-refractivity contribution in [2.75, 3.05) is 11.9 Å². The molecule has 0 aliphatic rings. The van der Waals surface area contributed by atoms with Gasteiger partial charge in [0.25, 0.3) is 5.91 Å². The molecule has 2 rings (SSSR count). The van der Waals surface area contributed by atoms with Crippen LogP contribution in [-0.2, 0) is 6.54 Å². The lowest BCUT2D eigenvalue weighted by molar-refractivity contribution is 0.0992. The number of rotatable bonds is 8. The van der Waals surface area contributed by atoms with Crippen molar-refractivity contribution in [1.82, 2.24) is 0 Å². The van der Waals surface area contributed by atoms with Crippen LogP contribution in [-0.4, -0.2) is 12.5 Å². The fourth-order valence-electron chi connectivity index (χ4n) is 2.15. The number of anilines is 1. The van der Waals surface area contributed by atoms with Crippen LogP contribution in [0.2, 0.25) is 0 Å².